The summed E-state index contributed by atoms with van der Waals surface area (Å²) in [5, 5.41) is 0. The van der Waals surface area contributed by atoms with Crippen LogP contribution >= 0.6 is 0 Å². The quantitative estimate of drug-likeness (QED) is 0.830. The number of rotatable bonds is 2. The van der Waals surface area contributed by atoms with E-state index in [1.807, 2.05) is 0 Å². The molecular formula is C12H18N2O2. The number of nitrogens with zero attached hydrogens (tertiary/aromatic N) is 1. The maximum absolute atomic E-state index is 11.5. The molecule has 1 fully saturated rings. The van der Waals surface area contributed by atoms with Gasteiger partial charge in [-0.2, -0.15) is 0 Å². The van der Waals surface area contributed by atoms with Crippen LogP contribution in [0.4, 0.5) is 0 Å². The molecule has 2 heterocycles. The highest BCUT2D eigenvalue weighted by Crippen LogP contribution is 2.24. The third kappa shape index (κ3) is 2.50. The molecule has 4 heteroatoms. The predicted octanol–water partition coefficient (Wildman–Crippen LogP) is 1.79. The van der Waals surface area contributed by atoms with Crippen molar-refractivity contribution in [2.75, 3.05) is 13.2 Å². The van der Waals surface area contributed by atoms with Crippen LogP contribution in [-0.4, -0.2) is 23.2 Å². The molecule has 4 nitrogen and oxygen atoms in total. The van der Waals surface area contributed by atoms with Gasteiger partial charge >= 0.3 is 0 Å². The summed E-state index contributed by atoms with van der Waals surface area (Å²) in [5.41, 5.74) is 0.838. The van der Waals surface area contributed by atoms with Crippen LogP contribution < -0.4 is 5.56 Å². The molecule has 1 saturated heterocycles. The lowest BCUT2D eigenvalue weighted by atomic mass is 9.99. The molecule has 0 spiro atoms. The first-order valence-electron chi connectivity index (χ1n) is 5.85. The van der Waals surface area contributed by atoms with Gasteiger partial charge in [-0.1, -0.05) is 13.8 Å². The number of H-pyrrole nitrogens is 1. The van der Waals surface area contributed by atoms with E-state index < -0.39 is 0 Å². The Morgan fingerprint density at radius 3 is 2.75 bits per heavy atom. The highest BCUT2D eigenvalue weighted by Gasteiger charge is 2.19. The Kier molecular flexibility index (Phi) is 3.39. The number of aromatic nitrogens is 2. The molecule has 1 N–H and O–H groups in total. The molecule has 0 radical (unpaired) electrons. The van der Waals surface area contributed by atoms with E-state index in [-0.39, 0.29) is 5.56 Å². The first-order valence-corrected chi connectivity index (χ1v) is 5.85. The fourth-order valence-corrected chi connectivity index (χ4v) is 1.96. The van der Waals surface area contributed by atoms with Crippen molar-refractivity contribution in [2.24, 2.45) is 0 Å². The normalized spacial score (nSPS) is 17.9. The van der Waals surface area contributed by atoms with E-state index in [4.69, 9.17) is 4.74 Å². The second-order valence-electron chi connectivity index (χ2n) is 4.60. The zero-order chi connectivity index (χ0) is 11.5. The van der Waals surface area contributed by atoms with Crippen LogP contribution in [-0.2, 0) is 4.74 Å². The summed E-state index contributed by atoms with van der Waals surface area (Å²) in [6.45, 7) is 5.63. The van der Waals surface area contributed by atoms with Crippen molar-refractivity contribution in [3.8, 4) is 0 Å². The third-order valence-electron chi connectivity index (χ3n) is 2.98. The molecule has 0 saturated carbocycles. The molecule has 1 aromatic heterocycles. The average molecular weight is 222 g/mol. The zero-order valence-electron chi connectivity index (χ0n) is 9.82. The number of aromatic amines is 1. The van der Waals surface area contributed by atoms with Crippen molar-refractivity contribution in [3.63, 3.8) is 0 Å². The predicted molar refractivity (Wildman–Crippen MR) is 61.7 cm³/mol. The number of nitrogens with one attached hydrogen (secondary N) is 1. The van der Waals surface area contributed by atoms with E-state index in [1.165, 1.54) is 0 Å². The lowest BCUT2D eigenvalue weighted by Crippen LogP contribution is -2.21. The van der Waals surface area contributed by atoms with Crippen molar-refractivity contribution in [2.45, 2.75) is 38.5 Å². The van der Waals surface area contributed by atoms with E-state index in [9.17, 15) is 4.79 Å². The Hall–Kier alpha value is -1.16. The van der Waals surface area contributed by atoms with Crippen LogP contribution in [0.25, 0.3) is 0 Å². The van der Waals surface area contributed by atoms with E-state index >= 15 is 0 Å². The molecular weight excluding hydrogens is 204 g/mol. The molecule has 0 unspecified atom stereocenters. The summed E-state index contributed by atoms with van der Waals surface area (Å²) in [7, 11) is 0. The summed E-state index contributed by atoms with van der Waals surface area (Å²) in [4.78, 5) is 18.9. The Morgan fingerprint density at radius 1 is 1.44 bits per heavy atom. The molecule has 0 atom stereocenters. The Balaban J connectivity index is 2.29. The van der Waals surface area contributed by atoms with Crippen molar-refractivity contribution in [1.29, 1.82) is 0 Å². The average Bonchev–Trinajstić information content (AvgIpc) is 2.29. The van der Waals surface area contributed by atoms with Crippen molar-refractivity contribution in [3.05, 3.63) is 27.9 Å². The highest BCUT2D eigenvalue weighted by atomic mass is 16.5. The van der Waals surface area contributed by atoms with E-state index in [2.05, 4.69) is 23.8 Å². The maximum atomic E-state index is 11.5. The van der Waals surface area contributed by atoms with Gasteiger partial charge in [-0.3, -0.25) is 4.79 Å². The topological polar surface area (TPSA) is 55.0 Å². The van der Waals surface area contributed by atoms with Gasteiger partial charge in [0, 0.05) is 25.2 Å². The van der Waals surface area contributed by atoms with Gasteiger partial charge < -0.3 is 9.72 Å². The molecule has 0 aromatic carbocycles. The van der Waals surface area contributed by atoms with Gasteiger partial charge in [0.05, 0.1) is 5.69 Å². The van der Waals surface area contributed by atoms with Gasteiger partial charge in [0.1, 0.15) is 5.82 Å². The first kappa shape index (κ1) is 11.3. The van der Waals surface area contributed by atoms with Crippen LogP contribution in [0.5, 0.6) is 0 Å². The number of ether oxygens (including phenoxy) is 1. The van der Waals surface area contributed by atoms with Crippen LogP contribution in [0.1, 0.15) is 50.0 Å². The largest absolute Gasteiger partial charge is 0.381 e. The van der Waals surface area contributed by atoms with Gasteiger partial charge in [0.2, 0.25) is 0 Å². The van der Waals surface area contributed by atoms with Gasteiger partial charge in [-0.15, -0.1) is 0 Å². The minimum atomic E-state index is -0.0415. The molecule has 1 aromatic rings. The van der Waals surface area contributed by atoms with E-state index in [0.29, 0.717) is 11.8 Å². The second-order valence-corrected chi connectivity index (χ2v) is 4.60. The smallest absolute Gasteiger partial charge is 0.251 e. The monoisotopic (exact) mass is 222 g/mol. The summed E-state index contributed by atoms with van der Waals surface area (Å²) in [6.07, 6.45) is 1.90. The second kappa shape index (κ2) is 4.78. The Bertz CT molecular complexity index is 406. The van der Waals surface area contributed by atoms with Gasteiger partial charge in [0.15, 0.2) is 0 Å². The molecule has 88 valence electrons. The first-order chi connectivity index (χ1) is 7.66. The fourth-order valence-electron chi connectivity index (χ4n) is 1.96. The lowest BCUT2D eigenvalue weighted by molar-refractivity contribution is 0.0834. The van der Waals surface area contributed by atoms with E-state index in [0.717, 1.165) is 37.6 Å². The molecule has 1 aliphatic heterocycles. The highest BCUT2D eigenvalue weighted by molar-refractivity contribution is 5.09. The van der Waals surface area contributed by atoms with Crippen LogP contribution in [0.2, 0.25) is 0 Å². The number of hydrogen-bond acceptors (Lipinski definition) is 3. The molecule has 16 heavy (non-hydrogen) atoms. The summed E-state index contributed by atoms with van der Waals surface area (Å²) in [5.74, 6) is 1.47. The minimum Gasteiger partial charge on any atom is -0.381 e. The van der Waals surface area contributed by atoms with Gasteiger partial charge in [0.25, 0.3) is 5.56 Å². The summed E-state index contributed by atoms with van der Waals surface area (Å²) in [6, 6.07) is 1.59. The van der Waals surface area contributed by atoms with Crippen molar-refractivity contribution in [1.82, 2.24) is 9.97 Å². The molecule has 0 amide bonds. The van der Waals surface area contributed by atoms with Crippen molar-refractivity contribution < 1.29 is 4.74 Å². The Morgan fingerprint density at radius 2 is 2.12 bits per heavy atom. The van der Waals surface area contributed by atoms with Crippen LogP contribution in [0.3, 0.4) is 0 Å². The van der Waals surface area contributed by atoms with Gasteiger partial charge in [-0.25, -0.2) is 4.98 Å². The number of hydrogen-bond donors (Lipinski definition) is 1. The summed E-state index contributed by atoms with van der Waals surface area (Å²) >= 11 is 0. The molecule has 0 aliphatic carbocycles. The van der Waals surface area contributed by atoms with Crippen LogP contribution in [0, 0.1) is 0 Å². The zero-order valence-corrected chi connectivity index (χ0v) is 9.82. The Labute approximate surface area is 95.1 Å². The summed E-state index contributed by atoms with van der Waals surface area (Å²) < 4.78 is 5.31. The maximum Gasteiger partial charge on any atom is 0.251 e. The van der Waals surface area contributed by atoms with E-state index in [1.54, 1.807) is 6.07 Å². The minimum absolute atomic E-state index is 0.0415. The third-order valence-corrected chi connectivity index (χ3v) is 2.98. The molecule has 1 aliphatic rings. The SMILES string of the molecule is CC(C)c1cc(=O)[nH]c(C2CCOCC2)n1. The van der Waals surface area contributed by atoms with Crippen LogP contribution in [0.15, 0.2) is 10.9 Å². The molecule has 0 bridgehead atoms. The van der Waals surface area contributed by atoms with Crippen molar-refractivity contribution >= 4 is 0 Å². The fraction of sp³-hybridized carbons (Fsp3) is 0.667. The van der Waals surface area contributed by atoms with Gasteiger partial charge in [-0.05, 0) is 18.8 Å². The lowest BCUT2D eigenvalue weighted by Gasteiger charge is -2.21. The molecule has 2 rings (SSSR count). The standard InChI is InChI=1S/C12H18N2O2/c1-8(2)10-7-11(15)14-12(13-10)9-3-5-16-6-4-9/h7-9H,3-6H2,1-2H3,(H,13,14,15).